The van der Waals surface area contributed by atoms with E-state index in [0.717, 1.165) is 43.3 Å². The summed E-state index contributed by atoms with van der Waals surface area (Å²) >= 11 is 1.28. The van der Waals surface area contributed by atoms with Crippen molar-refractivity contribution in [1.82, 2.24) is 4.57 Å². The van der Waals surface area contributed by atoms with Crippen LogP contribution in [0, 0.1) is 5.92 Å². The third-order valence-electron chi connectivity index (χ3n) is 7.00. The van der Waals surface area contributed by atoms with Crippen LogP contribution < -0.4 is 24.5 Å². The van der Waals surface area contributed by atoms with Crippen LogP contribution in [-0.2, 0) is 9.53 Å². The SMILES string of the molecule is COc1ccc([C@H]2C(C(=O)OC(C)C)=C(C)N=c3s/c(=C/c4ccc(N5CCC(C)CC5)o4)c(=O)n32)cc1. The Kier molecular flexibility index (Phi) is 7.29. The van der Waals surface area contributed by atoms with E-state index < -0.39 is 12.0 Å². The van der Waals surface area contributed by atoms with Gasteiger partial charge in [0.25, 0.3) is 5.56 Å². The second-order valence-electron chi connectivity index (χ2n) is 10.2. The Labute approximate surface area is 225 Å². The van der Waals surface area contributed by atoms with E-state index in [9.17, 15) is 9.59 Å². The summed E-state index contributed by atoms with van der Waals surface area (Å²) < 4.78 is 19.1. The fraction of sp³-hybridized carbons (Fsp3) is 0.414. The summed E-state index contributed by atoms with van der Waals surface area (Å²) in [5.41, 5.74) is 1.41. The maximum atomic E-state index is 13.8. The summed E-state index contributed by atoms with van der Waals surface area (Å²) in [7, 11) is 1.60. The second kappa shape index (κ2) is 10.6. The molecule has 9 heteroatoms. The number of methoxy groups -OCH3 is 1. The van der Waals surface area contributed by atoms with Gasteiger partial charge in [-0.1, -0.05) is 30.4 Å². The zero-order chi connectivity index (χ0) is 27.0. The smallest absolute Gasteiger partial charge is 0.338 e. The van der Waals surface area contributed by atoms with E-state index in [2.05, 4.69) is 16.8 Å². The number of benzene rings is 1. The first-order valence-electron chi connectivity index (χ1n) is 13.0. The number of furan rings is 1. The van der Waals surface area contributed by atoms with Crippen molar-refractivity contribution < 1.29 is 18.7 Å². The number of allylic oxidation sites excluding steroid dienone is 1. The normalized spacial score (nSPS) is 18.5. The number of aromatic nitrogens is 1. The monoisotopic (exact) mass is 535 g/mol. The number of ether oxygens (including phenoxy) is 2. The minimum atomic E-state index is -0.673. The number of hydrogen-bond donors (Lipinski definition) is 0. The Hall–Kier alpha value is -3.59. The number of carbonyl (C=O) groups excluding carboxylic acids is 1. The Morgan fingerprint density at radius 3 is 2.53 bits per heavy atom. The number of esters is 1. The van der Waals surface area contributed by atoms with E-state index in [1.54, 1.807) is 38.5 Å². The number of rotatable bonds is 6. The van der Waals surface area contributed by atoms with E-state index >= 15 is 0 Å². The summed E-state index contributed by atoms with van der Waals surface area (Å²) in [4.78, 5) is 34.4. The van der Waals surface area contributed by atoms with E-state index in [-0.39, 0.29) is 11.7 Å². The summed E-state index contributed by atoms with van der Waals surface area (Å²) in [6.07, 6.45) is 3.73. The fourth-order valence-corrected chi connectivity index (χ4v) is 5.94. The van der Waals surface area contributed by atoms with Gasteiger partial charge >= 0.3 is 5.97 Å². The Morgan fingerprint density at radius 2 is 1.87 bits per heavy atom. The Balaban J connectivity index is 1.57. The summed E-state index contributed by atoms with van der Waals surface area (Å²) in [5, 5.41) is 0. The van der Waals surface area contributed by atoms with Crippen LogP contribution in [0.4, 0.5) is 5.88 Å². The number of nitrogens with zero attached hydrogens (tertiary/aromatic N) is 3. The van der Waals surface area contributed by atoms with Gasteiger partial charge in [0.15, 0.2) is 10.7 Å². The molecule has 200 valence electrons. The Morgan fingerprint density at radius 1 is 1.16 bits per heavy atom. The molecule has 3 aromatic rings. The number of carbonyl (C=O) groups is 1. The molecule has 0 amide bonds. The predicted molar refractivity (Wildman–Crippen MR) is 147 cm³/mol. The molecule has 1 atom stereocenters. The molecular weight excluding hydrogens is 502 g/mol. The molecular formula is C29H33N3O5S. The van der Waals surface area contributed by atoms with Crippen molar-refractivity contribution in [1.29, 1.82) is 0 Å². The van der Waals surface area contributed by atoms with Crippen LogP contribution in [0.25, 0.3) is 6.08 Å². The van der Waals surface area contributed by atoms with E-state index in [1.807, 2.05) is 36.4 Å². The van der Waals surface area contributed by atoms with Crippen molar-refractivity contribution in [3.05, 3.63) is 78.7 Å². The van der Waals surface area contributed by atoms with Crippen molar-refractivity contribution in [2.75, 3.05) is 25.1 Å². The molecule has 0 radical (unpaired) electrons. The minimum absolute atomic E-state index is 0.235. The van der Waals surface area contributed by atoms with Gasteiger partial charge in [-0.25, -0.2) is 9.79 Å². The van der Waals surface area contributed by atoms with Crippen LogP contribution in [0.3, 0.4) is 0 Å². The average molecular weight is 536 g/mol. The minimum Gasteiger partial charge on any atom is -0.497 e. The molecule has 1 fully saturated rings. The highest BCUT2D eigenvalue weighted by molar-refractivity contribution is 7.07. The largest absolute Gasteiger partial charge is 0.497 e. The molecule has 1 aromatic carbocycles. The van der Waals surface area contributed by atoms with Gasteiger partial charge < -0.3 is 18.8 Å². The second-order valence-corrected chi connectivity index (χ2v) is 11.2. The molecule has 0 aliphatic carbocycles. The molecule has 8 nitrogen and oxygen atoms in total. The quantitative estimate of drug-likeness (QED) is 0.443. The highest BCUT2D eigenvalue weighted by Crippen LogP contribution is 2.32. The highest BCUT2D eigenvalue weighted by atomic mass is 32.1. The first-order valence-corrected chi connectivity index (χ1v) is 13.8. The third kappa shape index (κ3) is 5.07. The zero-order valence-electron chi connectivity index (χ0n) is 22.4. The molecule has 2 aliphatic rings. The van der Waals surface area contributed by atoms with Crippen LogP contribution in [0.2, 0.25) is 0 Å². The number of hydrogen-bond acceptors (Lipinski definition) is 8. The fourth-order valence-electron chi connectivity index (χ4n) is 4.91. The van der Waals surface area contributed by atoms with Gasteiger partial charge in [0, 0.05) is 25.2 Å². The van der Waals surface area contributed by atoms with Gasteiger partial charge in [-0.15, -0.1) is 0 Å². The lowest BCUT2D eigenvalue weighted by atomic mass is 9.96. The van der Waals surface area contributed by atoms with Crippen molar-refractivity contribution >= 4 is 29.3 Å². The van der Waals surface area contributed by atoms with Gasteiger partial charge in [0.2, 0.25) is 0 Å². The third-order valence-corrected chi connectivity index (χ3v) is 7.98. The van der Waals surface area contributed by atoms with Gasteiger partial charge in [0.1, 0.15) is 11.5 Å². The molecule has 2 aliphatic heterocycles. The van der Waals surface area contributed by atoms with Crippen LogP contribution in [0.5, 0.6) is 5.75 Å². The van der Waals surface area contributed by atoms with Crippen molar-refractivity contribution in [3.63, 3.8) is 0 Å². The molecule has 0 saturated carbocycles. The standard InChI is InChI=1S/C29H33N3O5S/c1-17(2)36-28(34)25-19(4)30-29-32(26(25)20-6-8-21(35-5)9-7-20)27(33)23(38-29)16-22-10-11-24(37-22)31-14-12-18(3)13-15-31/h6-11,16-18,26H,12-15H2,1-5H3/b23-16+/t26-/m0/s1. The first-order chi connectivity index (χ1) is 18.2. The average Bonchev–Trinajstić information content (AvgIpc) is 3.47. The summed E-state index contributed by atoms with van der Waals surface area (Å²) in [5.74, 6) is 2.36. The molecule has 2 aromatic heterocycles. The van der Waals surface area contributed by atoms with Gasteiger partial charge in [-0.05, 0) is 63.3 Å². The van der Waals surface area contributed by atoms with Crippen LogP contribution >= 0.6 is 11.3 Å². The van der Waals surface area contributed by atoms with E-state index in [4.69, 9.17) is 13.9 Å². The number of fused-ring (bicyclic) bond motifs is 1. The summed E-state index contributed by atoms with van der Waals surface area (Å²) in [6, 6.07) is 10.5. The van der Waals surface area contributed by atoms with Crippen LogP contribution in [0.15, 0.2) is 61.9 Å². The molecule has 0 spiro atoms. The molecule has 0 bridgehead atoms. The van der Waals surface area contributed by atoms with Crippen LogP contribution in [-0.4, -0.2) is 36.8 Å². The summed E-state index contributed by atoms with van der Waals surface area (Å²) in [6.45, 7) is 9.59. The van der Waals surface area contributed by atoms with Crippen molar-refractivity contribution in [2.24, 2.45) is 10.9 Å². The lowest BCUT2D eigenvalue weighted by molar-refractivity contribution is -0.143. The number of piperidine rings is 1. The Bertz CT molecular complexity index is 1540. The van der Waals surface area contributed by atoms with Gasteiger partial charge in [-0.3, -0.25) is 9.36 Å². The number of anilines is 1. The first kappa shape index (κ1) is 26.0. The van der Waals surface area contributed by atoms with Crippen LogP contribution in [0.1, 0.15) is 57.9 Å². The molecule has 0 N–H and O–H groups in total. The molecule has 38 heavy (non-hydrogen) atoms. The predicted octanol–water partition coefficient (Wildman–Crippen LogP) is 4.02. The van der Waals surface area contributed by atoms with Gasteiger partial charge in [0.05, 0.1) is 35.1 Å². The van der Waals surface area contributed by atoms with E-state index in [0.29, 0.717) is 32.1 Å². The van der Waals surface area contributed by atoms with Gasteiger partial charge in [-0.2, -0.15) is 0 Å². The molecule has 0 unspecified atom stereocenters. The topological polar surface area (TPSA) is 86.3 Å². The maximum absolute atomic E-state index is 13.8. The maximum Gasteiger partial charge on any atom is 0.338 e. The molecule has 1 saturated heterocycles. The zero-order valence-corrected chi connectivity index (χ0v) is 23.2. The highest BCUT2D eigenvalue weighted by Gasteiger charge is 2.34. The molecule has 4 heterocycles. The lowest BCUT2D eigenvalue weighted by Gasteiger charge is -2.29. The van der Waals surface area contributed by atoms with Crippen molar-refractivity contribution in [3.8, 4) is 5.75 Å². The number of thiazole rings is 1. The van der Waals surface area contributed by atoms with Crippen molar-refractivity contribution in [2.45, 2.75) is 52.7 Å². The molecule has 5 rings (SSSR count). The lowest BCUT2D eigenvalue weighted by Crippen LogP contribution is -2.40. The van der Waals surface area contributed by atoms with E-state index in [1.165, 1.54) is 11.3 Å².